The number of aryl methyl sites for hydroxylation is 1. The first kappa shape index (κ1) is 19.8. The highest BCUT2D eigenvalue weighted by Crippen LogP contribution is 2.17. The minimum Gasteiger partial charge on any atom is -0.491 e. The first-order valence-electron chi connectivity index (χ1n) is 8.21. The van der Waals surface area contributed by atoms with Crippen LogP contribution >= 0.6 is 0 Å². The van der Waals surface area contributed by atoms with Gasteiger partial charge in [0.05, 0.1) is 18.0 Å². The van der Waals surface area contributed by atoms with Crippen LogP contribution in [0.25, 0.3) is 0 Å². The topological polar surface area (TPSA) is 75.7 Å². The lowest BCUT2D eigenvalue weighted by Crippen LogP contribution is -2.36. The maximum Gasteiger partial charge on any atom is 0.251 e. The molecular weight excluding hydrogens is 352 g/mol. The van der Waals surface area contributed by atoms with Gasteiger partial charge in [0.1, 0.15) is 12.4 Å². The molecule has 1 unspecified atom stereocenters. The highest BCUT2D eigenvalue weighted by Gasteiger charge is 2.15. The molecule has 0 saturated heterocycles. The summed E-state index contributed by atoms with van der Waals surface area (Å²) >= 11 is 0. The van der Waals surface area contributed by atoms with Gasteiger partial charge in [-0.15, -0.1) is 0 Å². The molecule has 6 nitrogen and oxygen atoms in total. The van der Waals surface area contributed by atoms with E-state index in [1.165, 1.54) is 7.05 Å². The fourth-order valence-electron chi connectivity index (χ4n) is 2.24. The quantitative estimate of drug-likeness (QED) is 0.806. The first-order chi connectivity index (χ1) is 12.2. The standard InChI is InChI=1S/C19H24N2O4S/c1-14-8-10-18(11-9-14)25-13-15(2)20-19(22)16-6-5-7-17(12-16)21(3)26(4,23)24/h5-12,15H,13H2,1-4H3,(H,20,22). The highest BCUT2D eigenvalue weighted by molar-refractivity contribution is 7.92. The average molecular weight is 376 g/mol. The van der Waals surface area contributed by atoms with E-state index < -0.39 is 10.0 Å². The van der Waals surface area contributed by atoms with Crippen molar-refractivity contribution in [1.29, 1.82) is 0 Å². The number of sulfonamides is 1. The number of hydrogen-bond donors (Lipinski definition) is 1. The number of anilines is 1. The van der Waals surface area contributed by atoms with E-state index in [-0.39, 0.29) is 11.9 Å². The Balaban J connectivity index is 1.97. The van der Waals surface area contributed by atoms with E-state index in [1.807, 2.05) is 38.1 Å². The zero-order valence-electron chi connectivity index (χ0n) is 15.4. The van der Waals surface area contributed by atoms with Crippen molar-refractivity contribution in [3.8, 4) is 5.75 Å². The van der Waals surface area contributed by atoms with Gasteiger partial charge in [0.25, 0.3) is 5.91 Å². The third-order valence-corrected chi connectivity index (χ3v) is 5.07. The van der Waals surface area contributed by atoms with E-state index in [4.69, 9.17) is 4.74 Å². The van der Waals surface area contributed by atoms with E-state index in [0.717, 1.165) is 21.9 Å². The molecule has 0 radical (unpaired) electrons. The van der Waals surface area contributed by atoms with Gasteiger partial charge in [0.15, 0.2) is 0 Å². The Bertz CT molecular complexity index is 863. The fraction of sp³-hybridized carbons (Fsp3) is 0.316. The average Bonchev–Trinajstić information content (AvgIpc) is 2.60. The van der Waals surface area contributed by atoms with Gasteiger partial charge in [-0.25, -0.2) is 8.42 Å². The molecule has 0 spiro atoms. The van der Waals surface area contributed by atoms with E-state index in [1.54, 1.807) is 24.3 Å². The second kappa shape index (κ2) is 8.23. The summed E-state index contributed by atoms with van der Waals surface area (Å²) in [6.45, 7) is 4.18. The van der Waals surface area contributed by atoms with Crippen LogP contribution in [0, 0.1) is 6.92 Å². The summed E-state index contributed by atoms with van der Waals surface area (Å²) in [5, 5.41) is 2.85. The van der Waals surface area contributed by atoms with E-state index >= 15 is 0 Å². The minimum absolute atomic E-state index is 0.208. The van der Waals surface area contributed by atoms with Crippen LogP contribution in [-0.2, 0) is 10.0 Å². The van der Waals surface area contributed by atoms with Crippen molar-refractivity contribution in [2.24, 2.45) is 0 Å². The summed E-state index contributed by atoms with van der Waals surface area (Å²) in [5.41, 5.74) is 1.97. The van der Waals surface area contributed by atoms with Crippen LogP contribution < -0.4 is 14.4 Å². The lowest BCUT2D eigenvalue weighted by molar-refractivity contribution is 0.0926. The van der Waals surface area contributed by atoms with Crippen LogP contribution in [0.5, 0.6) is 5.75 Å². The number of amides is 1. The number of rotatable bonds is 7. The van der Waals surface area contributed by atoms with Gasteiger partial charge in [0, 0.05) is 12.6 Å². The number of ether oxygens (including phenoxy) is 1. The van der Waals surface area contributed by atoms with Crippen molar-refractivity contribution in [2.45, 2.75) is 19.9 Å². The predicted octanol–water partition coefficient (Wildman–Crippen LogP) is 2.59. The van der Waals surface area contributed by atoms with Crippen LogP contribution in [0.1, 0.15) is 22.8 Å². The molecule has 2 aromatic carbocycles. The highest BCUT2D eigenvalue weighted by atomic mass is 32.2. The van der Waals surface area contributed by atoms with Gasteiger partial charge in [-0.05, 0) is 44.2 Å². The molecule has 0 aromatic heterocycles. The normalized spacial score (nSPS) is 12.3. The molecule has 1 atom stereocenters. The van der Waals surface area contributed by atoms with E-state index in [2.05, 4.69) is 5.32 Å². The van der Waals surface area contributed by atoms with Gasteiger partial charge in [-0.1, -0.05) is 23.8 Å². The Morgan fingerprint density at radius 1 is 1.19 bits per heavy atom. The van der Waals surface area contributed by atoms with Crippen LogP contribution in [0.15, 0.2) is 48.5 Å². The fourth-order valence-corrected chi connectivity index (χ4v) is 2.74. The second-order valence-electron chi connectivity index (χ2n) is 6.28. The molecule has 1 N–H and O–H groups in total. The van der Waals surface area contributed by atoms with Crippen molar-refractivity contribution in [2.75, 3.05) is 24.2 Å². The summed E-state index contributed by atoms with van der Waals surface area (Å²) in [7, 11) is -1.93. The number of nitrogens with one attached hydrogen (secondary N) is 1. The summed E-state index contributed by atoms with van der Waals surface area (Å²) in [5.74, 6) is 0.460. The molecule has 26 heavy (non-hydrogen) atoms. The van der Waals surface area contributed by atoms with Gasteiger partial charge in [-0.2, -0.15) is 0 Å². The zero-order valence-corrected chi connectivity index (χ0v) is 16.2. The number of carbonyl (C=O) groups is 1. The lowest BCUT2D eigenvalue weighted by atomic mass is 10.2. The van der Waals surface area contributed by atoms with Gasteiger partial charge in [0.2, 0.25) is 10.0 Å². The summed E-state index contributed by atoms with van der Waals surface area (Å²) in [4.78, 5) is 12.4. The number of hydrogen-bond acceptors (Lipinski definition) is 4. The van der Waals surface area contributed by atoms with E-state index in [0.29, 0.717) is 17.9 Å². The molecule has 0 bridgehead atoms. The van der Waals surface area contributed by atoms with E-state index in [9.17, 15) is 13.2 Å². The van der Waals surface area contributed by atoms with Gasteiger partial charge >= 0.3 is 0 Å². The monoisotopic (exact) mass is 376 g/mol. The lowest BCUT2D eigenvalue weighted by Gasteiger charge is -2.18. The van der Waals surface area contributed by atoms with Crippen molar-refractivity contribution in [3.63, 3.8) is 0 Å². The Morgan fingerprint density at radius 3 is 2.46 bits per heavy atom. The van der Waals surface area contributed by atoms with Crippen molar-refractivity contribution in [1.82, 2.24) is 5.32 Å². The molecule has 0 heterocycles. The molecule has 0 aliphatic heterocycles. The second-order valence-corrected chi connectivity index (χ2v) is 8.29. The van der Waals surface area contributed by atoms with Crippen molar-refractivity contribution in [3.05, 3.63) is 59.7 Å². The van der Waals surface area contributed by atoms with Gasteiger partial charge in [-0.3, -0.25) is 9.10 Å². The molecule has 140 valence electrons. The molecule has 0 aliphatic carbocycles. The van der Waals surface area contributed by atoms with Crippen LogP contribution in [0.3, 0.4) is 0 Å². The Morgan fingerprint density at radius 2 is 1.85 bits per heavy atom. The summed E-state index contributed by atoms with van der Waals surface area (Å²) in [6, 6.07) is 14.0. The zero-order chi connectivity index (χ0) is 19.3. The van der Waals surface area contributed by atoms with Crippen molar-refractivity contribution >= 4 is 21.6 Å². The maximum atomic E-state index is 12.4. The molecule has 2 rings (SSSR count). The van der Waals surface area contributed by atoms with Gasteiger partial charge < -0.3 is 10.1 Å². The smallest absolute Gasteiger partial charge is 0.251 e. The SMILES string of the molecule is Cc1ccc(OCC(C)NC(=O)c2cccc(N(C)S(C)(=O)=O)c2)cc1. The minimum atomic E-state index is -3.38. The maximum absolute atomic E-state index is 12.4. The molecule has 0 fully saturated rings. The largest absolute Gasteiger partial charge is 0.491 e. The van der Waals surface area contributed by atoms with Crippen LogP contribution in [0.4, 0.5) is 5.69 Å². The molecule has 2 aromatic rings. The number of nitrogens with zero attached hydrogens (tertiary/aromatic N) is 1. The summed E-state index contributed by atoms with van der Waals surface area (Å²) in [6.07, 6.45) is 1.12. The predicted molar refractivity (Wildman–Crippen MR) is 103 cm³/mol. The van der Waals surface area contributed by atoms with Crippen LogP contribution in [-0.4, -0.2) is 40.3 Å². The number of carbonyl (C=O) groups excluding carboxylic acids is 1. The molecule has 0 saturated carbocycles. The van der Waals surface area contributed by atoms with Crippen molar-refractivity contribution < 1.29 is 17.9 Å². The molecule has 7 heteroatoms. The molecule has 1 amide bonds. The Kier molecular flexibility index (Phi) is 6.26. The first-order valence-corrected chi connectivity index (χ1v) is 10.1. The Hall–Kier alpha value is -2.54. The molecular formula is C19H24N2O4S. The Labute approximate surface area is 154 Å². The molecule has 0 aliphatic rings. The number of benzene rings is 2. The third kappa shape index (κ3) is 5.49. The third-order valence-electron chi connectivity index (χ3n) is 3.87. The van der Waals surface area contributed by atoms with Crippen LogP contribution in [0.2, 0.25) is 0 Å². The summed E-state index contributed by atoms with van der Waals surface area (Å²) < 4.78 is 30.1.